The van der Waals surface area contributed by atoms with Gasteiger partial charge in [0.05, 0.1) is 5.69 Å². The molecule has 0 aromatic heterocycles. The quantitative estimate of drug-likeness (QED) is 0.859. The molecule has 5 nitrogen and oxygen atoms in total. The highest BCUT2D eigenvalue weighted by Gasteiger charge is 2.42. The normalized spacial score (nSPS) is 24.9. The second-order valence-corrected chi connectivity index (χ2v) is 5.87. The van der Waals surface area contributed by atoms with Crippen molar-refractivity contribution >= 4 is 24.0 Å². The van der Waals surface area contributed by atoms with Gasteiger partial charge in [0.15, 0.2) is 0 Å². The van der Waals surface area contributed by atoms with E-state index < -0.39 is 0 Å². The zero-order valence-corrected chi connectivity index (χ0v) is 12.2. The number of likely N-dealkylation sites (tertiary alicyclic amines) is 1. The van der Waals surface area contributed by atoms with Gasteiger partial charge in [-0.15, -0.1) is 0 Å². The number of carbonyl (C=O) groups is 1. The number of benzene rings is 1. The Morgan fingerprint density at radius 2 is 1.90 bits per heavy atom. The summed E-state index contributed by atoms with van der Waals surface area (Å²) in [4.78, 5) is 20.9. The molecule has 2 fully saturated rings. The Labute approximate surface area is 124 Å². The summed E-state index contributed by atoms with van der Waals surface area (Å²) in [6, 6.07) is 7.69. The molecule has 21 heavy (non-hydrogen) atoms. The summed E-state index contributed by atoms with van der Waals surface area (Å²) in [7, 11) is 2.09. The number of aliphatic imine (C=N–C) groups is 1. The third-order valence-corrected chi connectivity index (χ3v) is 4.46. The molecule has 0 spiro atoms. The number of piperazine rings is 1. The molecule has 0 saturated carbocycles. The summed E-state index contributed by atoms with van der Waals surface area (Å²) in [5.41, 5.74) is 1.19. The van der Waals surface area contributed by atoms with Crippen molar-refractivity contribution in [3.63, 3.8) is 0 Å². The Morgan fingerprint density at radius 3 is 2.52 bits per heavy atom. The molecular weight excluding hydrogens is 264 g/mol. The van der Waals surface area contributed by atoms with Crippen molar-refractivity contribution in [2.75, 3.05) is 20.1 Å². The minimum Gasteiger partial charge on any atom is -0.329 e. The van der Waals surface area contributed by atoms with Crippen LogP contribution in [0.15, 0.2) is 29.3 Å². The van der Waals surface area contributed by atoms with Gasteiger partial charge in [-0.3, -0.25) is 15.2 Å². The van der Waals surface area contributed by atoms with Crippen LogP contribution in [-0.4, -0.2) is 60.4 Å². The molecule has 1 N–H and O–H groups in total. The first-order valence-corrected chi connectivity index (χ1v) is 7.27. The molecule has 2 bridgehead atoms. The standard InChI is InChI=1S/C16H20N4O/c1-18-14-6-4-3-5-13(14)15(17)16(21)20-11-7-8-12(20)10-19(2)9-11/h3-6,11-12,17H,1,7-10H2,2H3. The number of hydrogen-bond donors (Lipinski definition) is 1. The van der Waals surface area contributed by atoms with Crippen LogP contribution in [0.1, 0.15) is 18.4 Å². The van der Waals surface area contributed by atoms with Crippen molar-refractivity contribution in [1.82, 2.24) is 9.80 Å². The molecule has 2 aliphatic heterocycles. The molecule has 2 atom stereocenters. The SMILES string of the molecule is C=Nc1ccccc1C(=N)C(=O)N1C2CCC1CN(C)C2. The van der Waals surface area contributed by atoms with E-state index in [4.69, 9.17) is 5.41 Å². The maximum Gasteiger partial charge on any atom is 0.273 e. The molecular formula is C16H20N4O. The molecule has 0 aliphatic carbocycles. The zero-order chi connectivity index (χ0) is 15.0. The smallest absolute Gasteiger partial charge is 0.273 e. The van der Waals surface area contributed by atoms with Gasteiger partial charge in [-0.25, -0.2) is 0 Å². The predicted molar refractivity (Wildman–Crippen MR) is 83.6 cm³/mol. The summed E-state index contributed by atoms with van der Waals surface area (Å²) >= 11 is 0. The largest absolute Gasteiger partial charge is 0.329 e. The first-order chi connectivity index (χ1) is 10.1. The van der Waals surface area contributed by atoms with Crippen LogP contribution in [0.2, 0.25) is 0 Å². The fourth-order valence-electron chi connectivity index (χ4n) is 3.51. The van der Waals surface area contributed by atoms with Gasteiger partial charge >= 0.3 is 0 Å². The Bertz CT molecular complexity index is 584. The number of rotatable bonds is 3. The van der Waals surface area contributed by atoms with Gasteiger partial charge in [0.25, 0.3) is 5.91 Å². The molecule has 5 heteroatoms. The van der Waals surface area contributed by atoms with Gasteiger partial charge in [0, 0.05) is 30.7 Å². The van der Waals surface area contributed by atoms with Crippen LogP contribution in [-0.2, 0) is 4.79 Å². The third-order valence-electron chi connectivity index (χ3n) is 4.46. The second kappa shape index (κ2) is 5.41. The Kier molecular flexibility index (Phi) is 3.59. The van der Waals surface area contributed by atoms with Crippen LogP contribution in [0.25, 0.3) is 0 Å². The number of nitrogens with one attached hydrogen (secondary N) is 1. The molecule has 3 rings (SSSR count). The number of para-hydroxylation sites is 1. The van der Waals surface area contributed by atoms with E-state index in [0.717, 1.165) is 25.9 Å². The maximum absolute atomic E-state index is 12.8. The molecule has 1 aromatic rings. The average Bonchev–Trinajstić information content (AvgIpc) is 2.77. The molecule has 0 radical (unpaired) electrons. The summed E-state index contributed by atoms with van der Waals surface area (Å²) in [6.07, 6.45) is 2.07. The molecule has 110 valence electrons. The van der Waals surface area contributed by atoms with Gasteiger partial charge in [0.2, 0.25) is 0 Å². The lowest BCUT2D eigenvalue weighted by Gasteiger charge is -2.39. The molecule has 1 aromatic carbocycles. The summed E-state index contributed by atoms with van der Waals surface area (Å²) in [5.74, 6) is -0.174. The number of hydrogen-bond acceptors (Lipinski definition) is 4. The number of nitrogens with zero attached hydrogens (tertiary/aromatic N) is 3. The molecule has 2 unspecified atom stereocenters. The monoisotopic (exact) mass is 284 g/mol. The zero-order valence-electron chi connectivity index (χ0n) is 12.2. The lowest BCUT2D eigenvalue weighted by Crippen LogP contribution is -2.56. The van der Waals surface area contributed by atoms with Crippen LogP contribution in [0.4, 0.5) is 5.69 Å². The van der Waals surface area contributed by atoms with Crippen molar-refractivity contribution in [1.29, 1.82) is 5.41 Å². The fraction of sp³-hybridized carbons (Fsp3) is 0.438. The fourth-order valence-corrected chi connectivity index (χ4v) is 3.51. The van der Waals surface area contributed by atoms with E-state index in [2.05, 4.69) is 23.7 Å². The first kappa shape index (κ1) is 13.9. The molecule has 2 aliphatic rings. The van der Waals surface area contributed by atoms with E-state index in [1.165, 1.54) is 0 Å². The topological polar surface area (TPSA) is 59.8 Å². The van der Waals surface area contributed by atoms with Crippen LogP contribution in [0.5, 0.6) is 0 Å². The van der Waals surface area contributed by atoms with Gasteiger partial charge < -0.3 is 9.80 Å². The summed E-state index contributed by atoms with van der Waals surface area (Å²) in [6.45, 7) is 5.32. The summed E-state index contributed by atoms with van der Waals surface area (Å²) < 4.78 is 0. The van der Waals surface area contributed by atoms with E-state index >= 15 is 0 Å². The Balaban J connectivity index is 1.86. The van der Waals surface area contributed by atoms with E-state index in [9.17, 15) is 4.79 Å². The number of amides is 1. The Hall–Kier alpha value is -2.01. The highest BCUT2D eigenvalue weighted by atomic mass is 16.2. The molecule has 1 amide bonds. The second-order valence-electron chi connectivity index (χ2n) is 5.87. The van der Waals surface area contributed by atoms with Crippen molar-refractivity contribution in [2.45, 2.75) is 24.9 Å². The lowest BCUT2D eigenvalue weighted by atomic mass is 10.0. The number of carbonyl (C=O) groups excluding carboxylic acids is 1. The average molecular weight is 284 g/mol. The van der Waals surface area contributed by atoms with Crippen molar-refractivity contribution < 1.29 is 4.79 Å². The maximum atomic E-state index is 12.8. The third kappa shape index (κ3) is 2.38. The van der Waals surface area contributed by atoms with Crippen molar-refractivity contribution in [3.05, 3.63) is 29.8 Å². The van der Waals surface area contributed by atoms with Crippen LogP contribution >= 0.6 is 0 Å². The lowest BCUT2D eigenvalue weighted by molar-refractivity contribution is -0.129. The van der Waals surface area contributed by atoms with Crippen LogP contribution < -0.4 is 0 Å². The van der Waals surface area contributed by atoms with Crippen LogP contribution in [0.3, 0.4) is 0 Å². The summed E-state index contributed by atoms with van der Waals surface area (Å²) in [5, 5.41) is 8.28. The number of likely N-dealkylation sites (N-methyl/N-ethyl adjacent to an activating group) is 1. The van der Waals surface area contributed by atoms with E-state index in [1.807, 2.05) is 17.0 Å². The van der Waals surface area contributed by atoms with Gasteiger partial charge in [0.1, 0.15) is 5.71 Å². The highest BCUT2D eigenvalue weighted by Crippen LogP contribution is 2.31. The van der Waals surface area contributed by atoms with Crippen molar-refractivity contribution in [3.8, 4) is 0 Å². The molecule has 2 heterocycles. The minimum atomic E-state index is -0.174. The predicted octanol–water partition coefficient (Wildman–Crippen LogP) is 1.69. The minimum absolute atomic E-state index is 0.0273. The van der Waals surface area contributed by atoms with Crippen molar-refractivity contribution in [2.24, 2.45) is 4.99 Å². The van der Waals surface area contributed by atoms with Gasteiger partial charge in [-0.05, 0) is 32.7 Å². The van der Waals surface area contributed by atoms with Gasteiger partial charge in [-0.1, -0.05) is 18.2 Å². The van der Waals surface area contributed by atoms with E-state index in [0.29, 0.717) is 11.3 Å². The Morgan fingerprint density at radius 1 is 1.29 bits per heavy atom. The van der Waals surface area contributed by atoms with Gasteiger partial charge in [-0.2, -0.15) is 0 Å². The van der Waals surface area contributed by atoms with E-state index in [-0.39, 0.29) is 23.7 Å². The first-order valence-electron chi connectivity index (χ1n) is 7.27. The number of fused-ring (bicyclic) bond motifs is 2. The highest BCUT2D eigenvalue weighted by molar-refractivity contribution is 6.45. The van der Waals surface area contributed by atoms with Crippen LogP contribution in [0, 0.1) is 5.41 Å². The van der Waals surface area contributed by atoms with E-state index in [1.54, 1.807) is 12.1 Å². The molecule has 2 saturated heterocycles.